The van der Waals surface area contributed by atoms with Crippen molar-refractivity contribution in [2.75, 3.05) is 5.32 Å². The number of anilines is 1. The molecule has 1 rings (SSSR count). The number of hydrogen-bond acceptors (Lipinski definition) is 1. The third kappa shape index (κ3) is 4.34. The van der Waals surface area contributed by atoms with Crippen molar-refractivity contribution in [2.45, 2.75) is 41.0 Å². The number of carbonyl (C=O) groups excluding carboxylic acids is 1. The summed E-state index contributed by atoms with van der Waals surface area (Å²) in [4.78, 5) is 12.4. The minimum Gasteiger partial charge on any atom is -0.326 e. The Morgan fingerprint density at radius 2 is 1.79 bits per heavy atom. The first-order chi connectivity index (χ1) is 8.86. The second-order valence-electron chi connectivity index (χ2n) is 5.66. The van der Waals surface area contributed by atoms with E-state index < -0.39 is 0 Å². The summed E-state index contributed by atoms with van der Waals surface area (Å²) in [5, 5.41) is 3.09. The third-order valence-electron chi connectivity index (χ3n) is 3.45. The fourth-order valence-electron chi connectivity index (χ4n) is 2.57. The van der Waals surface area contributed by atoms with E-state index in [1.165, 1.54) is 0 Å². The number of rotatable bonds is 5. The van der Waals surface area contributed by atoms with E-state index >= 15 is 0 Å². The van der Waals surface area contributed by atoms with Gasteiger partial charge in [0.1, 0.15) is 0 Å². The minimum absolute atomic E-state index is 0.0494. The maximum absolute atomic E-state index is 12.4. The molecule has 1 aromatic rings. The molecule has 106 valence electrons. The summed E-state index contributed by atoms with van der Waals surface area (Å²) in [6.45, 7) is 10.5. The van der Waals surface area contributed by atoms with Crippen LogP contribution in [0.3, 0.4) is 0 Å². The largest absolute Gasteiger partial charge is 0.326 e. The minimum atomic E-state index is 0.0494. The van der Waals surface area contributed by atoms with Gasteiger partial charge in [-0.15, -0.1) is 0 Å². The molecule has 19 heavy (non-hydrogen) atoms. The lowest BCUT2D eigenvalue weighted by Gasteiger charge is -2.24. The second-order valence-corrected chi connectivity index (χ2v) is 6.57. The predicted octanol–water partition coefficient (Wildman–Crippen LogP) is 4.88. The Labute approximate surface area is 125 Å². The normalized spacial score (nSPS) is 11.4. The van der Waals surface area contributed by atoms with Crippen LogP contribution in [-0.2, 0) is 11.2 Å². The van der Waals surface area contributed by atoms with Gasteiger partial charge in [-0.3, -0.25) is 4.79 Å². The maximum Gasteiger partial charge on any atom is 0.228 e. The lowest BCUT2D eigenvalue weighted by Crippen LogP contribution is -2.31. The summed E-state index contributed by atoms with van der Waals surface area (Å²) in [6, 6.07) is 6.00. The standard InChI is InChI=1S/C16H24BrNO/c1-6-12-9-13(17)7-8-14(12)18-16(19)15(10(2)3)11(4)5/h7-11,15H,6H2,1-5H3,(H,18,19). The van der Waals surface area contributed by atoms with Crippen molar-refractivity contribution in [3.8, 4) is 0 Å². The van der Waals surface area contributed by atoms with E-state index in [0.717, 1.165) is 22.1 Å². The van der Waals surface area contributed by atoms with Gasteiger partial charge in [0.05, 0.1) is 0 Å². The first kappa shape index (κ1) is 16.2. The Morgan fingerprint density at radius 3 is 2.26 bits per heavy atom. The zero-order valence-electron chi connectivity index (χ0n) is 12.5. The van der Waals surface area contributed by atoms with Crippen molar-refractivity contribution in [1.29, 1.82) is 0 Å². The van der Waals surface area contributed by atoms with Gasteiger partial charge in [-0.1, -0.05) is 50.5 Å². The summed E-state index contributed by atoms with van der Waals surface area (Å²) in [5.41, 5.74) is 2.09. The summed E-state index contributed by atoms with van der Waals surface area (Å²) < 4.78 is 1.05. The van der Waals surface area contributed by atoms with Gasteiger partial charge in [0.15, 0.2) is 0 Å². The Bertz CT molecular complexity index is 432. The topological polar surface area (TPSA) is 29.1 Å². The molecule has 0 aliphatic rings. The lowest BCUT2D eigenvalue weighted by molar-refractivity contribution is -0.122. The molecule has 0 atom stereocenters. The van der Waals surface area contributed by atoms with Crippen LogP contribution < -0.4 is 5.32 Å². The average molecular weight is 326 g/mol. The summed E-state index contributed by atoms with van der Waals surface area (Å²) in [5.74, 6) is 0.872. The monoisotopic (exact) mass is 325 g/mol. The molecular weight excluding hydrogens is 302 g/mol. The van der Waals surface area contributed by atoms with Crippen molar-refractivity contribution >= 4 is 27.5 Å². The molecule has 1 N–H and O–H groups in total. The molecule has 0 fully saturated rings. The van der Waals surface area contributed by atoms with Crippen LogP contribution in [0.5, 0.6) is 0 Å². The van der Waals surface area contributed by atoms with Crippen molar-refractivity contribution in [3.63, 3.8) is 0 Å². The SMILES string of the molecule is CCc1cc(Br)ccc1NC(=O)C(C(C)C)C(C)C. The Balaban J connectivity index is 2.92. The zero-order chi connectivity index (χ0) is 14.6. The molecule has 0 aliphatic carbocycles. The van der Waals surface area contributed by atoms with Gasteiger partial charge in [-0.25, -0.2) is 0 Å². The molecule has 0 saturated carbocycles. The van der Waals surface area contributed by atoms with E-state index in [1.54, 1.807) is 0 Å². The molecule has 1 aromatic carbocycles. The summed E-state index contributed by atoms with van der Waals surface area (Å²) >= 11 is 3.47. The first-order valence-electron chi connectivity index (χ1n) is 6.96. The molecule has 3 heteroatoms. The molecule has 0 saturated heterocycles. The number of halogens is 1. The fraction of sp³-hybridized carbons (Fsp3) is 0.562. The molecule has 2 nitrogen and oxygen atoms in total. The molecule has 0 unspecified atom stereocenters. The van der Waals surface area contributed by atoms with Gasteiger partial charge in [-0.05, 0) is 42.0 Å². The predicted molar refractivity (Wildman–Crippen MR) is 85.3 cm³/mol. The smallest absolute Gasteiger partial charge is 0.228 e. The van der Waals surface area contributed by atoms with Crippen molar-refractivity contribution in [1.82, 2.24) is 0 Å². The van der Waals surface area contributed by atoms with E-state index in [0.29, 0.717) is 11.8 Å². The number of nitrogens with one attached hydrogen (secondary N) is 1. The lowest BCUT2D eigenvalue weighted by atomic mass is 9.85. The zero-order valence-corrected chi connectivity index (χ0v) is 14.0. The van der Waals surface area contributed by atoms with E-state index in [2.05, 4.69) is 61.9 Å². The summed E-state index contributed by atoms with van der Waals surface area (Å²) in [7, 11) is 0. The quantitative estimate of drug-likeness (QED) is 0.821. The number of aryl methyl sites for hydroxylation is 1. The van der Waals surface area contributed by atoms with Crippen molar-refractivity contribution in [3.05, 3.63) is 28.2 Å². The van der Waals surface area contributed by atoms with Crippen LogP contribution in [0.1, 0.15) is 40.2 Å². The number of amides is 1. The van der Waals surface area contributed by atoms with Crippen LogP contribution in [0.4, 0.5) is 5.69 Å². The number of hydrogen-bond donors (Lipinski definition) is 1. The van der Waals surface area contributed by atoms with Crippen LogP contribution in [0.2, 0.25) is 0 Å². The second kappa shape index (κ2) is 7.09. The number of benzene rings is 1. The Morgan fingerprint density at radius 1 is 1.21 bits per heavy atom. The molecule has 0 radical (unpaired) electrons. The molecule has 1 amide bonds. The molecule has 0 bridgehead atoms. The van der Waals surface area contributed by atoms with Gasteiger partial charge in [0.2, 0.25) is 5.91 Å². The van der Waals surface area contributed by atoms with Crippen LogP contribution in [0.15, 0.2) is 22.7 Å². The van der Waals surface area contributed by atoms with Gasteiger partial charge in [0.25, 0.3) is 0 Å². The van der Waals surface area contributed by atoms with E-state index in [4.69, 9.17) is 0 Å². The first-order valence-corrected chi connectivity index (χ1v) is 7.75. The fourth-order valence-corrected chi connectivity index (χ4v) is 2.98. The van der Waals surface area contributed by atoms with Gasteiger partial charge in [0, 0.05) is 16.1 Å². The van der Waals surface area contributed by atoms with Crippen LogP contribution in [0, 0.1) is 17.8 Å². The molecule has 0 aromatic heterocycles. The highest BCUT2D eigenvalue weighted by molar-refractivity contribution is 9.10. The third-order valence-corrected chi connectivity index (χ3v) is 3.94. The summed E-state index contributed by atoms with van der Waals surface area (Å²) in [6.07, 6.45) is 0.906. The van der Waals surface area contributed by atoms with Gasteiger partial charge in [-0.2, -0.15) is 0 Å². The molecule has 0 heterocycles. The van der Waals surface area contributed by atoms with Crippen molar-refractivity contribution in [2.24, 2.45) is 17.8 Å². The van der Waals surface area contributed by atoms with E-state index in [-0.39, 0.29) is 11.8 Å². The van der Waals surface area contributed by atoms with Gasteiger partial charge >= 0.3 is 0 Å². The van der Waals surface area contributed by atoms with Crippen LogP contribution in [0.25, 0.3) is 0 Å². The highest BCUT2D eigenvalue weighted by atomic mass is 79.9. The Hall–Kier alpha value is -0.830. The van der Waals surface area contributed by atoms with E-state index in [9.17, 15) is 4.79 Å². The van der Waals surface area contributed by atoms with E-state index in [1.807, 2.05) is 12.1 Å². The van der Waals surface area contributed by atoms with Crippen molar-refractivity contribution < 1.29 is 4.79 Å². The highest BCUT2D eigenvalue weighted by Crippen LogP contribution is 2.25. The number of carbonyl (C=O) groups is 1. The van der Waals surface area contributed by atoms with Crippen LogP contribution >= 0.6 is 15.9 Å². The average Bonchev–Trinajstić information content (AvgIpc) is 2.30. The van der Waals surface area contributed by atoms with Crippen LogP contribution in [-0.4, -0.2) is 5.91 Å². The molecule has 0 spiro atoms. The maximum atomic E-state index is 12.4. The molecular formula is C16H24BrNO. The Kier molecular flexibility index (Phi) is 6.05. The van der Waals surface area contributed by atoms with Gasteiger partial charge < -0.3 is 5.32 Å². The highest BCUT2D eigenvalue weighted by Gasteiger charge is 2.25. The molecule has 0 aliphatic heterocycles.